The summed E-state index contributed by atoms with van der Waals surface area (Å²) in [4.78, 5) is 16.1. The molecule has 1 aromatic heterocycles. The van der Waals surface area contributed by atoms with E-state index < -0.39 is 0 Å². The second-order valence-electron chi connectivity index (χ2n) is 5.81. The summed E-state index contributed by atoms with van der Waals surface area (Å²) in [5, 5.41) is 0. The van der Waals surface area contributed by atoms with Crippen molar-refractivity contribution < 1.29 is 9.21 Å². The van der Waals surface area contributed by atoms with Crippen molar-refractivity contribution in [2.75, 3.05) is 26.2 Å². The van der Waals surface area contributed by atoms with Crippen molar-refractivity contribution in [3.63, 3.8) is 0 Å². The van der Waals surface area contributed by atoms with Crippen molar-refractivity contribution in [2.24, 2.45) is 5.41 Å². The number of hydrogen-bond acceptors (Lipinski definition) is 3. The van der Waals surface area contributed by atoms with E-state index in [9.17, 15) is 4.79 Å². The Kier molecular flexibility index (Phi) is 3.19. The smallest absolute Gasteiger partial charge is 0.245 e. The molecule has 2 aliphatic heterocycles. The normalized spacial score (nSPS) is 27.3. The van der Waals surface area contributed by atoms with Crippen molar-refractivity contribution in [1.82, 2.24) is 9.80 Å². The molecule has 1 unspecified atom stereocenters. The van der Waals surface area contributed by atoms with Gasteiger partial charge in [-0.1, -0.05) is 6.58 Å². The first kappa shape index (κ1) is 12.5. The van der Waals surface area contributed by atoms with Crippen LogP contribution >= 0.6 is 0 Å². The summed E-state index contributed by atoms with van der Waals surface area (Å²) in [6.45, 7) is 8.49. The third-order valence-electron chi connectivity index (χ3n) is 4.43. The van der Waals surface area contributed by atoms with E-state index in [1.54, 1.807) is 6.26 Å². The van der Waals surface area contributed by atoms with Crippen LogP contribution in [0.5, 0.6) is 0 Å². The Hall–Kier alpha value is -1.55. The van der Waals surface area contributed by atoms with E-state index in [4.69, 9.17) is 4.42 Å². The van der Waals surface area contributed by atoms with Crippen molar-refractivity contribution in [3.05, 3.63) is 36.8 Å². The molecule has 0 radical (unpaired) electrons. The lowest BCUT2D eigenvalue weighted by Crippen LogP contribution is -2.33. The highest BCUT2D eigenvalue weighted by atomic mass is 16.3. The molecular weight excluding hydrogens is 240 g/mol. The predicted octanol–water partition coefficient (Wildman–Crippen LogP) is 1.89. The fourth-order valence-electron chi connectivity index (χ4n) is 3.39. The van der Waals surface area contributed by atoms with Crippen LogP contribution in [0.3, 0.4) is 0 Å². The molecule has 1 atom stereocenters. The minimum absolute atomic E-state index is 0.0742. The number of rotatable bonds is 3. The molecular formula is C15H20N2O2. The summed E-state index contributed by atoms with van der Waals surface area (Å²) in [7, 11) is 0. The van der Waals surface area contributed by atoms with E-state index in [2.05, 4.69) is 11.5 Å². The molecule has 0 bridgehead atoms. The summed E-state index contributed by atoms with van der Waals surface area (Å²) >= 11 is 0. The molecule has 3 heterocycles. The average Bonchev–Trinajstić information content (AvgIpc) is 3.13. The van der Waals surface area contributed by atoms with Crippen LogP contribution in [0.2, 0.25) is 0 Å². The van der Waals surface area contributed by atoms with Crippen LogP contribution in [0.15, 0.2) is 35.7 Å². The molecule has 1 spiro atoms. The van der Waals surface area contributed by atoms with Gasteiger partial charge in [0.1, 0.15) is 0 Å². The van der Waals surface area contributed by atoms with Gasteiger partial charge in [0.2, 0.25) is 5.91 Å². The van der Waals surface area contributed by atoms with Gasteiger partial charge in [-0.3, -0.25) is 9.69 Å². The molecule has 102 valence electrons. The third-order valence-corrected chi connectivity index (χ3v) is 4.43. The standard InChI is InChI=1S/C15H20N2O2/c1-2-14(18)17-7-5-15(12-17)4-6-16(11-15)9-13-3-8-19-10-13/h2-3,8,10H,1,4-7,9,11-12H2. The van der Waals surface area contributed by atoms with Crippen LogP contribution < -0.4 is 0 Å². The maximum Gasteiger partial charge on any atom is 0.245 e. The summed E-state index contributed by atoms with van der Waals surface area (Å²) in [6, 6.07) is 2.02. The van der Waals surface area contributed by atoms with Crippen LogP contribution in [0.25, 0.3) is 0 Å². The van der Waals surface area contributed by atoms with Crippen molar-refractivity contribution >= 4 is 5.91 Å². The van der Waals surface area contributed by atoms with E-state index in [0.29, 0.717) is 5.41 Å². The van der Waals surface area contributed by atoms with Crippen molar-refractivity contribution in [2.45, 2.75) is 19.4 Å². The average molecular weight is 260 g/mol. The molecule has 4 nitrogen and oxygen atoms in total. The molecule has 4 heteroatoms. The number of carbonyl (C=O) groups excluding carboxylic acids is 1. The molecule has 2 saturated heterocycles. The van der Waals surface area contributed by atoms with Gasteiger partial charge in [-0.25, -0.2) is 0 Å². The zero-order valence-corrected chi connectivity index (χ0v) is 11.2. The second-order valence-corrected chi connectivity index (χ2v) is 5.81. The molecule has 2 fully saturated rings. The minimum Gasteiger partial charge on any atom is -0.472 e. The third kappa shape index (κ3) is 2.45. The fourth-order valence-corrected chi connectivity index (χ4v) is 3.39. The SMILES string of the molecule is C=CC(=O)N1CCC2(CCN(Cc3ccoc3)C2)C1. The van der Waals surface area contributed by atoms with Crippen molar-refractivity contribution in [3.8, 4) is 0 Å². The van der Waals surface area contributed by atoms with E-state index in [1.807, 2.05) is 17.2 Å². The van der Waals surface area contributed by atoms with Crippen molar-refractivity contribution in [1.29, 1.82) is 0 Å². The molecule has 19 heavy (non-hydrogen) atoms. The van der Waals surface area contributed by atoms with E-state index in [-0.39, 0.29) is 5.91 Å². The van der Waals surface area contributed by atoms with Gasteiger partial charge in [0.25, 0.3) is 0 Å². The summed E-state index contributed by atoms with van der Waals surface area (Å²) in [5.74, 6) is 0.0742. The van der Waals surface area contributed by atoms with Gasteiger partial charge in [0.05, 0.1) is 12.5 Å². The van der Waals surface area contributed by atoms with Crippen LogP contribution in [0, 0.1) is 5.41 Å². The molecule has 0 aromatic carbocycles. The topological polar surface area (TPSA) is 36.7 Å². The highest BCUT2D eigenvalue weighted by molar-refractivity contribution is 5.87. The van der Waals surface area contributed by atoms with Crippen LogP contribution in [-0.2, 0) is 11.3 Å². The van der Waals surface area contributed by atoms with Gasteiger partial charge in [0, 0.05) is 37.2 Å². The summed E-state index contributed by atoms with van der Waals surface area (Å²) in [6.07, 6.45) is 7.27. The predicted molar refractivity (Wildman–Crippen MR) is 72.4 cm³/mol. The molecule has 0 N–H and O–H groups in total. The first-order valence-electron chi connectivity index (χ1n) is 6.86. The number of furan rings is 1. The highest BCUT2D eigenvalue weighted by Crippen LogP contribution is 2.39. The zero-order valence-electron chi connectivity index (χ0n) is 11.2. The van der Waals surface area contributed by atoms with Crippen LogP contribution in [0.1, 0.15) is 18.4 Å². The Morgan fingerprint density at radius 3 is 3.00 bits per heavy atom. The quantitative estimate of drug-likeness (QED) is 0.779. The molecule has 0 aliphatic carbocycles. The first-order valence-corrected chi connectivity index (χ1v) is 6.86. The fraction of sp³-hybridized carbons (Fsp3) is 0.533. The molecule has 2 aliphatic rings. The lowest BCUT2D eigenvalue weighted by molar-refractivity contribution is -0.125. The Morgan fingerprint density at radius 2 is 2.26 bits per heavy atom. The monoisotopic (exact) mass is 260 g/mol. The van der Waals surface area contributed by atoms with Gasteiger partial charge in [-0.05, 0) is 31.5 Å². The lowest BCUT2D eigenvalue weighted by Gasteiger charge is -2.24. The van der Waals surface area contributed by atoms with E-state index in [0.717, 1.165) is 39.1 Å². The van der Waals surface area contributed by atoms with E-state index >= 15 is 0 Å². The van der Waals surface area contributed by atoms with Gasteiger partial charge < -0.3 is 9.32 Å². The summed E-state index contributed by atoms with van der Waals surface area (Å²) in [5.41, 5.74) is 1.54. The molecule has 1 aromatic rings. The van der Waals surface area contributed by atoms with Crippen LogP contribution in [-0.4, -0.2) is 41.9 Å². The Labute approximate surface area is 113 Å². The number of hydrogen-bond donors (Lipinski definition) is 0. The maximum absolute atomic E-state index is 11.7. The Morgan fingerprint density at radius 1 is 1.42 bits per heavy atom. The molecule has 1 amide bonds. The Bertz CT molecular complexity index is 468. The highest BCUT2D eigenvalue weighted by Gasteiger charge is 2.44. The minimum atomic E-state index is 0.0742. The number of carbonyl (C=O) groups is 1. The summed E-state index contributed by atoms with van der Waals surface area (Å²) < 4.78 is 5.11. The number of likely N-dealkylation sites (tertiary alicyclic amines) is 2. The number of nitrogens with zero attached hydrogens (tertiary/aromatic N) is 2. The van der Waals surface area contributed by atoms with E-state index in [1.165, 1.54) is 18.1 Å². The van der Waals surface area contributed by atoms with Gasteiger partial charge >= 0.3 is 0 Å². The van der Waals surface area contributed by atoms with Gasteiger partial charge in [-0.15, -0.1) is 0 Å². The van der Waals surface area contributed by atoms with Gasteiger partial charge in [-0.2, -0.15) is 0 Å². The second kappa shape index (κ2) is 4.85. The zero-order chi connectivity index (χ0) is 13.3. The largest absolute Gasteiger partial charge is 0.472 e. The Balaban J connectivity index is 1.59. The molecule has 3 rings (SSSR count). The van der Waals surface area contributed by atoms with Crippen LogP contribution in [0.4, 0.5) is 0 Å². The van der Waals surface area contributed by atoms with Gasteiger partial charge in [0.15, 0.2) is 0 Å². The number of amides is 1. The first-order chi connectivity index (χ1) is 9.21. The lowest BCUT2D eigenvalue weighted by atomic mass is 9.86. The maximum atomic E-state index is 11.7. The molecule has 0 saturated carbocycles.